The molecule has 2 aromatic rings. The van der Waals surface area contributed by atoms with Crippen LogP contribution in [-0.4, -0.2) is 48.3 Å². The number of benzene rings is 2. The lowest BCUT2D eigenvalue weighted by molar-refractivity contribution is -0.135. The number of rotatable bonds is 7. The largest absolute Gasteiger partial charge is 0.340 e. The minimum atomic E-state index is -0.479. The number of halogens is 1. The molecular formula is C21H26FN3O2. The smallest absolute Gasteiger partial charge is 0.239 e. The third kappa shape index (κ3) is 6.18. The van der Waals surface area contributed by atoms with Crippen molar-refractivity contribution in [2.24, 2.45) is 0 Å². The van der Waals surface area contributed by atoms with Crippen molar-refractivity contribution in [1.29, 1.82) is 0 Å². The summed E-state index contributed by atoms with van der Waals surface area (Å²) in [6.07, 6.45) is 0. The number of hydrogen-bond donors (Lipinski definition) is 1. The summed E-state index contributed by atoms with van der Waals surface area (Å²) in [7, 11) is 3.40. The second-order valence-corrected chi connectivity index (χ2v) is 6.83. The van der Waals surface area contributed by atoms with Crippen molar-refractivity contribution in [3.05, 3.63) is 65.5 Å². The van der Waals surface area contributed by atoms with Gasteiger partial charge in [0.15, 0.2) is 0 Å². The molecule has 2 amide bonds. The molecule has 1 unspecified atom stereocenters. The Morgan fingerprint density at radius 2 is 1.78 bits per heavy atom. The van der Waals surface area contributed by atoms with Gasteiger partial charge in [0.05, 0.1) is 12.6 Å². The molecule has 0 radical (unpaired) electrons. The van der Waals surface area contributed by atoms with Gasteiger partial charge in [-0.3, -0.25) is 14.5 Å². The second kappa shape index (κ2) is 9.28. The predicted molar refractivity (Wildman–Crippen MR) is 105 cm³/mol. The van der Waals surface area contributed by atoms with Gasteiger partial charge in [0.2, 0.25) is 11.8 Å². The molecule has 27 heavy (non-hydrogen) atoms. The van der Waals surface area contributed by atoms with Crippen LogP contribution in [0.2, 0.25) is 0 Å². The van der Waals surface area contributed by atoms with Crippen LogP contribution in [0.5, 0.6) is 0 Å². The number of carbonyl (C=O) groups is 2. The lowest BCUT2D eigenvalue weighted by Crippen LogP contribution is -2.46. The summed E-state index contributed by atoms with van der Waals surface area (Å²) >= 11 is 0. The first-order valence-corrected chi connectivity index (χ1v) is 8.82. The van der Waals surface area contributed by atoms with E-state index in [1.165, 1.54) is 17.0 Å². The highest BCUT2D eigenvalue weighted by Gasteiger charge is 2.23. The molecule has 0 heterocycles. The number of hydrogen-bond acceptors (Lipinski definition) is 3. The van der Waals surface area contributed by atoms with Crippen molar-refractivity contribution in [3.63, 3.8) is 0 Å². The van der Waals surface area contributed by atoms with Crippen molar-refractivity contribution in [3.8, 4) is 0 Å². The second-order valence-electron chi connectivity index (χ2n) is 6.83. The van der Waals surface area contributed by atoms with E-state index < -0.39 is 6.04 Å². The van der Waals surface area contributed by atoms with E-state index >= 15 is 0 Å². The van der Waals surface area contributed by atoms with Crippen molar-refractivity contribution >= 4 is 17.5 Å². The minimum Gasteiger partial charge on any atom is -0.340 e. The molecule has 0 aliphatic heterocycles. The molecule has 0 fully saturated rings. The molecule has 5 nitrogen and oxygen atoms in total. The number of carbonyl (C=O) groups excluding carboxylic acids is 2. The number of nitrogens with zero attached hydrogens (tertiary/aromatic N) is 2. The Morgan fingerprint density at radius 1 is 1.11 bits per heavy atom. The van der Waals surface area contributed by atoms with Crippen molar-refractivity contribution in [2.75, 3.05) is 26.0 Å². The Bertz CT molecular complexity index is 792. The van der Waals surface area contributed by atoms with Gasteiger partial charge in [-0.15, -0.1) is 0 Å². The van der Waals surface area contributed by atoms with Crippen LogP contribution in [0, 0.1) is 12.7 Å². The van der Waals surface area contributed by atoms with Crippen molar-refractivity contribution in [1.82, 2.24) is 9.80 Å². The summed E-state index contributed by atoms with van der Waals surface area (Å²) in [6.45, 7) is 4.13. The first-order chi connectivity index (χ1) is 12.8. The van der Waals surface area contributed by atoms with E-state index in [1.54, 1.807) is 38.1 Å². The van der Waals surface area contributed by atoms with E-state index in [4.69, 9.17) is 0 Å². The zero-order valence-electron chi connectivity index (χ0n) is 16.2. The molecule has 0 saturated heterocycles. The van der Waals surface area contributed by atoms with Gasteiger partial charge in [0.25, 0.3) is 0 Å². The van der Waals surface area contributed by atoms with E-state index in [9.17, 15) is 14.0 Å². The molecule has 0 bridgehead atoms. The van der Waals surface area contributed by atoms with E-state index in [2.05, 4.69) is 5.32 Å². The van der Waals surface area contributed by atoms with Crippen LogP contribution in [0.15, 0.2) is 48.5 Å². The van der Waals surface area contributed by atoms with Crippen LogP contribution in [-0.2, 0) is 16.1 Å². The van der Waals surface area contributed by atoms with Gasteiger partial charge in [0.1, 0.15) is 5.82 Å². The maximum Gasteiger partial charge on any atom is 0.239 e. The lowest BCUT2D eigenvalue weighted by atomic mass is 10.2. The van der Waals surface area contributed by atoms with Gasteiger partial charge in [-0.1, -0.05) is 29.8 Å². The Balaban J connectivity index is 1.88. The summed E-state index contributed by atoms with van der Waals surface area (Å²) in [5, 5.41) is 2.82. The number of nitrogens with one attached hydrogen (secondary N) is 1. The standard InChI is InChI=1S/C21H26FN3O2/c1-15-8-10-19(11-9-15)23-20(26)14-24(3)16(2)21(27)25(4)13-17-6-5-7-18(22)12-17/h5-12,16H,13-14H2,1-4H3,(H,23,26). The number of anilines is 1. The van der Waals surface area contributed by atoms with Gasteiger partial charge in [0, 0.05) is 19.3 Å². The normalized spacial score (nSPS) is 11.9. The number of amides is 2. The van der Waals surface area contributed by atoms with Gasteiger partial charge in [-0.25, -0.2) is 4.39 Å². The Morgan fingerprint density at radius 3 is 2.41 bits per heavy atom. The van der Waals surface area contributed by atoms with Crippen LogP contribution in [0.25, 0.3) is 0 Å². The molecule has 0 aliphatic carbocycles. The molecule has 1 N–H and O–H groups in total. The molecule has 0 aromatic heterocycles. The highest BCUT2D eigenvalue weighted by molar-refractivity contribution is 5.92. The fraction of sp³-hybridized carbons (Fsp3) is 0.333. The summed E-state index contributed by atoms with van der Waals surface area (Å²) in [5.74, 6) is -0.648. The molecule has 0 spiro atoms. The average molecular weight is 371 g/mol. The van der Waals surface area contributed by atoms with Crippen molar-refractivity contribution < 1.29 is 14.0 Å². The fourth-order valence-electron chi connectivity index (χ4n) is 2.70. The van der Waals surface area contributed by atoms with E-state index in [0.717, 1.165) is 16.8 Å². The van der Waals surface area contributed by atoms with Crippen LogP contribution in [0.3, 0.4) is 0 Å². The van der Waals surface area contributed by atoms with Gasteiger partial charge in [-0.05, 0) is 50.7 Å². The Labute approximate surface area is 159 Å². The average Bonchev–Trinajstić information content (AvgIpc) is 2.62. The Kier molecular flexibility index (Phi) is 7.07. The summed E-state index contributed by atoms with van der Waals surface area (Å²) in [4.78, 5) is 28.0. The molecule has 1 atom stereocenters. The molecular weight excluding hydrogens is 345 g/mol. The van der Waals surface area contributed by atoms with E-state index in [-0.39, 0.29) is 24.2 Å². The summed E-state index contributed by atoms with van der Waals surface area (Å²) in [5.41, 5.74) is 2.56. The van der Waals surface area contributed by atoms with Crippen LogP contribution >= 0.6 is 0 Å². The molecule has 144 valence electrons. The quantitative estimate of drug-likeness (QED) is 0.814. The van der Waals surface area contributed by atoms with Crippen LogP contribution in [0.1, 0.15) is 18.1 Å². The maximum atomic E-state index is 13.3. The topological polar surface area (TPSA) is 52.7 Å². The van der Waals surface area contributed by atoms with Crippen LogP contribution in [0.4, 0.5) is 10.1 Å². The zero-order valence-corrected chi connectivity index (χ0v) is 16.2. The van der Waals surface area contributed by atoms with Gasteiger partial charge < -0.3 is 10.2 Å². The summed E-state index contributed by atoms with van der Waals surface area (Å²) < 4.78 is 13.3. The fourth-order valence-corrected chi connectivity index (χ4v) is 2.70. The Hall–Kier alpha value is -2.73. The number of likely N-dealkylation sites (N-methyl/N-ethyl adjacent to an activating group) is 2. The highest BCUT2D eigenvalue weighted by Crippen LogP contribution is 2.10. The van der Waals surface area contributed by atoms with Gasteiger partial charge >= 0.3 is 0 Å². The minimum absolute atomic E-state index is 0.0919. The molecule has 6 heteroatoms. The first-order valence-electron chi connectivity index (χ1n) is 8.82. The third-order valence-electron chi connectivity index (χ3n) is 4.43. The zero-order chi connectivity index (χ0) is 20.0. The highest BCUT2D eigenvalue weighted by atomic mass is 19.1. The SMILES string of the molecule is Cc1ccc(NC(=O)CN(C)C(C)C(=O)N(C)Cc2cccc(F)c2)cc1. The van der Waals surface area contributed by atoms with E-state index in [1.807, 2.05) is 31.2 Å². The monoisotopic (exact) mass is 371 g/mol. The molecule has 2 rings (SSSR count). The maximum absolute atomic E-state index is 13.3. The van der Waals surface area contributed by atoms with E-state index in [0.29, 0.717) is 6.54 Å². The lowest BCUT2D eigenvalue weighted by Gasteiger charge is -2.28. The first kappa shape index (κ1) is 20.6. The summed E-state index contributed by atoms with van der Waals surface area (Å²) in [6, 6.07) is 13.2. The predicted octanol–water partition coefficient (Wildman–Crippen LogP) is 3.05. The molecule has 2 aromatic carbocycles. The molecule has 0 saturated carbocycles. The van der Waals surface area contributed by atoms with Gasteiger partial charge in [-0.2, -0.15) is 0 Å². The molecule has 0 aliphatic rings. The van der Waals surface area contributed by atoms with Crippen LogP contribution < -0.4 is 5.32 Å². The van der Waals surface area contributed by atoms with Crippen molar-refractivity contribution in [2.45, 2.75) is 26.4 Å². The third-order valence-corrected chi connectivity index (χ3v) is 4.43. The number of aryl methyl sites for hydroxylation is 1.